The lowest BCUT2D eigenvalue weighted by atomic mass is 10.1. The van der Waals surface area contributed by atoms with Crippen LogP contribution in [0.1, 0.15) is 25.3 Å². The number of carbonyl (C=O) groups excluding carboxylic acids is 2. The minimum absolute atomic E-state index is 0.00163. The molecule has 2 rings (SSSR count). The number of carboxylic acids is 1. The van der Waals surface area contributed by atoms with Gasteiger partial charge in [-0.05, 0) is 18.6 Å². The summed E-state index contributed by atoms with van der Waals surface area (Å²) in [7, 11) is 1.55. The highest BCUT2D eigenvalue weighted by molar-refractivity contribution is 8.26. The first kappa shape index (κ1) is 19.3. The van der Waals surface area contributed by atoms with E-state index >= 15 is 0 Å². The number of hydrogen-bond acceptors (Lipinski definition) is 7. The molecule has 1 saturated heterocycles. The van der Waals surface area contributed by atoms with Crippen molar-refractivity contribution in [3.8, 4) is 11.5 Å². The Balaban J connectivity index is 2.29. The Kier molecular flexibility index (Phi) is 6.83. The molecule has 6 nitrogen and oxygen atoms in total. The number of para-hydroxylation sites is 1. The topological polar surface area (TPSA) is 78.9 Å². The molecule has 0 atom stereocenters. The van der Waals surface area contributed by atoms with Gasteiger partial charge < -0.3 is 19.4 Å². The molecular weight excluding hydrogens is 362 g/mol. The average molecular weight is 380 g/mol. The maximum atomic E-state index is 12.5. The second-order valence-electron chi connectivity index (χ2n) is 5.18. The number of thiocarbonyl (C=S) groups is 1. The van der Waals surface area contributed by atoms with Gasteiger partial charge in [0.1, 0.15) is 4.32 Å². The number of carboxylic acid groups (broad SMARTS) is 1. The summed E-state index contributed by atoms with van der Waals surface area (Å²) >= 11 is 6.31. The predicted octanol–water partition coefficient (Wildman–Crippen LogP) is 1.83. The molecule has 25 heavy (non-hydrogen) atoms. The second-order valence-corrected chi connectivity index (χ2v) is 6.86. The van der Waals surface area contributed by atoms with Crippen LogP contribution in [-0.4, -0.2) is 41.4 Å². The second kappa shape index (κ2) is 8.87. The van der Waals surface area contributed by atoms with Crippen LogP contribution in [0.4, 0.5) is 0 Å². The molecule has 8 heteroatoms. The molecular formula is C17H18NO5S2-. The molecule has 1 aliphatic heterocycles. The third kappa shape index (κ3) is 4.73. The quantitative estimate of drug-likeness (QED) is 0.503. The third-order valence-electron chi connectivity index (χ3n) is 3.38. The lowest BCUT2D eigenvalue weighted by molar-refractivity contribution is -0.305. The number of methoxy groups -OCH3 is 1. The number of ether oxygens (including phenoxy) is 2. The van der Waals surface area contributed by atoms with E-state index in [-0.39, 0.29) is 18.9 Å². The van der Waals surface area contributed by atoms with Crippen LogP contribution in [0.25, 0.3) is 6.08 Å². The zero-order valence-electron chi connectivity index (χ0n) is 13.9. The van der Waals surface area contributed by atoms with Gasteiger partial charge in [-0.2, -0.15) is 0 Å². The van der Waals surface area contributed by atoms with Crippen molar-refractivity contribution in [1.29, 1.82) is 0 Å². The zero-order chi connectivity index (χ0) is 18.4. The molecule has 0 unspecified atom stereocenters. The van der Waals surface area contributed by atoms with Crippen molar-refractivity contribution in [1.82, 2.24) is 4.90 Å². The van der Waals surface area contributed by atoms with Gasteiger partial charge in [0.05, 0.1) is 18.6 Å². The molecule has 1 amide bonds. The summed E-state index contributed by atoms with van der Waals surface area (Å²) in [6, 6.07) is 5.41. The Hall–Kier alpha value is -2.06. The van der Waals surface area contributed by atoms with Gasteiger partial charge in [0.15, 0.2) is 11.5 Å². The smallest absolute Gasteiger partial charge is 0.266 e. The Morgan fingerprint density at radius 3 is 2.84 bits per heavy atom. The number of aliphatic carboxylic acids is 1. The Labute approximate surface area is 155 Å². The summed E-state index contributed by atoms with van der Waals surface area (Å²) in [5.74, 6) is -0.400. The van der Waals surface area contributed by atoms with E-state index in [1.165, 1.54) is 4.90 Å². The summed E-state index contributed by atoms with van der Waals surface area (Å²) in [4.78, 5) is 24.8. The Morgan fingerprint density at radius 1 is 1.44 bits per heavy atom. The number of amides is 1. The number of thioether (sulfide) groups is 1. The highest BCUT2D eigenvalue weighted by Gasteiger charge is 2.32. The van der Waals surface area contributed by atoms with Gasteiger partial charge in [-0.3, -0.25) is 9.69 Å². The molecule has 0 spiro atoms. The van der Waals surface area contributed by atoms with E-state index in [1.54, 1.807) is 25.3 Å². The molecule has 134 valence electrons. The fourth-order valence-corrected chi connectivity index (χ4v) is 3.50. The summed E-state index contributed by atoms with van der Waals surface area (Å²) in [6.45, 7) is 2.52. The maximum absolute atomic E-state index is 12.5. The summed E-state index contributed by atoms with van der Waals surface area (Å²) in [6.07, 6.45) is 2.26. The molecule has 1 aromatic carbocycles. The lowest BCUT2D eigenvalue weighted by Gasteiger charge is -2.14. The highest BCUT2D eigenvalue weighted by atomic mass is 32.2. The average Bonchev–Trinajstić information content (AvgIpc) is 2.85. The number of hydrogen-bond donors (Lipinski definition) is 0. The van der Waals surface area contributed by atoms with E-state index < -0.39 is 5.97 Å². The number of nitrogens with zero attached hydrogens (tertiary/aromatic N) is 1. The Morgan fingerprint density at radius 2 is 2.20 bits per heavy atom. The lowest BCUT2D eigenvalue weighted by Crippen LogP contribution is -2.33. The van der Waals surface area contributed by atoms with E-state index in [1.807, 2.05) is 13.0 Å². The minimum Gasteiger partial charge on any atom is -0.550 e. The van der Waals surface area contributed by atoms with Crippen molar-refractivity contribution in [2.75, 3.05) is 20.3 Å². The maximum Gasteiger partial charge on any atom is 0.266 e. The van der Waals surface area contributed by atoms with Crippen LogP contribution in [0, 0.1) is 0 Å². The van der Waals surface area contributed by atoms with Crippen molar-refractivity contribution >= 4 is 46.3 Å². The SMILES string of the molecule is CCCOc1c(/C=C2\SC(=S)N(CCC(=O)[O-])C2=O)cccc1OC. The van der Waals surface area contributed by atoms with Crippen molar-refractivity contribution in [2.24, 2.45) is 0 Å². The van der Waals surface area contributed by atoms with Crippen molar-refractivity contribution in [2.45, 2.75) is 19.8 Å². The first-order valence-corrected chi connectivity index (χ1v) is 8.95. The molecule has 0 aromatic heterocycles. The third-order valence-corrected chi connectivity index (χ3v) is 4.76. The first-order valence-electron chi connectivity index (χ1n) is 7.73. The van der Waals surface area contributed by atoms with Crippen LogP contribution in [0.15, 0.2) is 23.1 Å². The fraction of sp³-hybridized carbons (Fsp3) is 0.353. The van der Waals surface area contributed by atoms with E-state index in [0.717, 1.165) is 18.2 Å². The number of benzene rings is 1. The van der Waals surface area contributed by atoms with Crippen LogP contribution in [-0.2, 0) is 9.59 Å². The van der Waals surface area contributed by atoms with Crippen LogP contribution >= 0.6 is 24.0 Å². The summed E-state index contributed by atoms with van der Waals surface area (Å²) in [5, 5.41) is 10.6. The highest BCUT2D eigenvalue weighted by Crippen LogP contribution is 2.37. The van der Waals surface area contributed by atoms with Crippen LogP contribution in [0.2, 0.25) is 0 Å². The minimum atomic E-state index is -1.22. The Bertz CT molecular complexity index is 717. The molecule has 1 heterocycles. The van der Waals surface area contributed by atoms with E-state index in [4.69, 9.17) is 21.7 Å². The molecule has 0 radical (unpaired) electrons. The van der Waals surface area contributed by atoms with Gasteiger partial charge in [0.25, 0.3) is 5.91 Å². The fourth-order valence-electron chi connectivity index (χ4n) is 2.20. The first-order chi connectivity index (χ1) is 12.0. The van der Waals surface area contributed by atoms with Crippen LogP contribution in [0.3, 0.4) is 0 Å². The summed E-state index contributed by atoms with van der Waals surface area (Å²) in [5.41, 5.74) is 0.702. The molecule has 0 bridgehead atoms. The van der Waals surface area contributed by atoms with Gasteiger partial charge in [-0.15, -0.1) is 0 Å². The standard InChI is InChI=1S/C17H19NO5S2/c1-3-9-23-15-11(5-4-6-12(15)22-2)10-13-16(21)18(17(24)25-13)8-7-14(19)20/h4-6,10H,3,7-9H2,1-2H3,(H,19,20)/p-1/b13-10-. The van der Waals surface area contributed by atoms with E-state index in [0.29, 0.717) is 32.9 Å². The van der Waals surface area contributed by atoms with Gasteiger partial charge in [0.2, 0.25) is 0 Å². The van der Waals surface area contributed by atoms with E-state index in [9.17, 15) is 14.7 Å². The van der Waals surface area contributed by atoms with Gasteiger partial charge in [-0.25, -0.2) is 0 Å². The van der Waals surface area contributed by atoms with Gasteiger partial charge in [-0.1, -0.05) is 43.0 Å². The van der Waals surface area contributed by atoms with Gasteiger partial charge >= 0.3 is 0 Å². The van der Waals surface area contributed by atoms with Crippen molar-refractivity contribution in [3.63, 3.8) is 0 Å². The zero-order valence-corrected chi connectivity index (χ0v) is 15.6. The normalized spacial score (nSPS) is 15.8. The molecule has 0 aliphatic carbocycles. The van der Waals surface area contributed by atoms with Crippen LogP contribution < -0.4 is 14.6 Å². The monoisotopic (exact) mass is 380 g/mol. The molecule has 0 saturated carbocycles. The van der Waals surface area contributed by atoms with Crippen LogP contribution in [0.5, 0.6) is 11.5 Å². The predicted molar refractivity (Wildman–Crippen MR) is 98.3 cm³/mol. The van der Waals surface area contributed by atoms with Gasteiger partial charge in [0, 0.05) is 24.5 Å². The molecule has 1 aliphatic rings. The number of carbonyl (C=O) groups is 2. The molecule has 0 N–H and O–H groups in total. The largest absolute Gasteiger partial charge is 0.550 e. The molecule has 1 fully saturated rings. The van der Waals surface area contributed by atoms with E-state index in [2.05, 4.69) is 0 Å². The van der Waals surface area contributed by atoms with Crippen molar-refractivity contribution in [3.05, 3.63) is 28.7 Å². The number of rotatable bonds is 8. The molecule has 1 aromatic rings. The van der Waals surface area contributed by atoms with Crippen molar-refractivity contribution < 1.29 is 24.2 Å². The summed E-state index contributed by atoms with van der Waals surface area (Å²) < 4.78 is 11.4.